The molecule has 0 fully saturated rings. The predicted octanol–water partition coefficient (Wildman–Crippen LogP) is 1.23. The van der Waals surface area contributed by atoms with Crippen molar-refractivity contribution in [3.05, 3.63) is 24.3 Å². The standard InChI is InChI=1S/C7H10NP/c1-8-6-4-2-3-5-7(6)9/h2-5,8H,9H2,1H3. The van der Waals surface area contributed by atoms with Crippen LogP contribution in [0.15, 0.2) is 24.3 Å². The van der Waals surface area contributed by atoms with E-state index >= 15 is 0 Å². The van der Waals surface area contributed by atoms with Crippen molar-refractivity contribution in [3.8, 4) is 0 Å². The summed E-state index contributed by atoms with van der Waals surface area (Å²) in [5, 5.41) is 4.28. The van der Waals surface area contributed by atoms with Gasteiger partial charge >= 0.3 is 0 Å². The van der Waals surface area contributed by atoms with Crippen LogP contribution in [-0.4, -0.2) is 7.05 Å². The molecule has 9 heavy (non-hydrogen) atoms. The summed E-state index contributed by atoms with van der Waals surface area (Å²) < 4.78 is 0. The van der Waals surface area contributed by atoms with E-state index in [0.717, 1.165) is 0 Å². The molecular formula is C7H10NP. The van der Waals surface area contributed by atoms with Crippen molar-refractivity contribution in [1.82, 2.24) is 0 Å². The van der Waals surface area contributed by atoms with Crippen LogP contribution in [0.4, 0.5) is 5.69 Å². The molecule has 1 N–H and O–H groups in total. The molecule has 0 bridgehead atoms. The van der Waals surface area contributed by atoms with Crippen molar-refractivity contribution in [2.24, 2.45) is 0 Å². The van der Waals surface area contributed by atoms with Crippen molar-refractivity contribution in [2.75, 3.05) is 12.4 Å². The highest BCUT2D eigenvalue weighted by molar-refractivity contribution is 7.28. The molecular weight excluding hydrogens is 129 g/mol. The Bertz CT molecular complexity index is 198. The maximum Gasteiger partial charge on any atom is 0.0410 e. The van der Waals surface area contributed by atoms with Crippen LogP contribution >= 0.6 is 9.24 Å². The van der Waals surface area contributed by atoms with E-state index in [9.17, 15) is 0 Å². The van der Waals surface area contributed by atoms with Crippen molar-refractivity contribution < 1.29 is 0 Å². The molecule has 2 heteroatoms. The van der Waals surface area contributed by atoms with Gasteiger partial charge < -0.3 is 5.32 Å². The number of nitrogens with one attached hydrogen (secondary N) is 1. The second kappa shape index (κ2) is 2.84. The Kier molecular flexibility index (Phi) is 2.07. The van der Waals surface area contributed by atoms with Gasteiger partial charge in [0.2, 0.25) is 0 Å². The minimum Gasteiger partial charge on any atom is -0.388 e. The van der Waals surface area contributed by atoms with E-state index in [1.165, 1.54) is 11.0 Å². The van der Waals surface area contributed by atoms with Crippen molar-refractivity contribution >= 4 is 20.2 Å². The first-order chi connectivity index (χ1) is 4.34. The van der Waals surface area contributed by atoms with Crippen LogP contribution in [0, 0.1) is 0 Å². The summed E-state index contributed by atoms with van der Waals surface area (Å²) in [5.41, 5.74) is 1.17. The summed E-state index contributed by atoms with van der Waals surface area (Å²) in [6.07, 6.45) is 0. The highest BCUT2D eigenvalue weighted by atomic mass is 31.0. The molecule has 1 unspecified atom stereocenters. The highest BCUT2D eigenvalue weighted by Gasteiger charge is 1.88. The van der Waals surface area contributed by atoms with E-state index in [4.69, 9.17) is 0 Å². The fourth-order valence-corrected chi connectivity index (χ4v) is 1.08. The second-order valence-electron chi connectivity index (χ2n) is 1.84. The molecule has 0 aliphatic carbocycles. The molecule has 48 valence electrons. The molecule has 0 saturated heterocycles. The van der Waals surface area contributed by atoms with Crippen LogP contribution in [-0.2, 0) is 0 Å². The van der Waals surface area contributed by atoms with Crippen LogP contribution in [0.1, 0.15) is 0 Å². The van der Waals surface area contributed by atoms with Gasteiger partial charge in [0, 0.05) is 12.7 Å². The summed E-state index contributed by atoms with van der Waals surface area (Å²) in [6.45, 7) is 0. The van der Waals surface area contributed by atoms with E-state index in [2.05, 4.69) is 20.6 Å². The van der Waals surface area contributed by atoms with Gasteiger partial charge in [0.1, 0.15) is 0 Å². The maximum absolute atomic E-state index is 3.07. The Morgan fingerprint density at radius 1 is 1.33 bits per heavy atom. The van der Waals surface area contributed by atoms with Crippen LogP contribution in [0.5, 0.6) is 0 Å². The summed E-state index contributed by atoms with van der Waals surface area (Å²) in [7, 11) is 4.59. The predicted molar refractivity (Wildman–Crippen MR) is 45.3 cm³/mol. The van der Waals surface area contributed by atoms with Gasteiger partial charge in [0.05, 0.1) is 0 Å². The van der Waals surface area contributed by atoms with Gasteiger partial charge in [-0.1, -0.05) is 18.2 Å². The molecule has 0 amide bonds. The van der Waals surface area contributed by atoms with E-state index in [1.54, 1.807) is 0 Å². The molecule has 1 rings (SSSR count). The lowest BCUT2D eigenvalue weighted by Gasteiger charge is -2.01. The molecule has 0 radical (unpaired) electrons. The van der Waals surface area contributed by atoms with Crippen molar-refractivity contribution in [3.63, 3.8) is 0 Å². The number of hydrogen-bond donors (Lipinski definition) is 1. The maximum atomic E-state index is 3.07. The number of para-hydroxylation sites is 1. The summed E-state index contributed by atoms with van der Waals surface area (Å²) >= 11 is 0. The van der Waals surface area contributed by atoms with Crippen LogP contribution < -0.4 is 10.6 Å². The lowest BCUT2D eigenvalue weighted by atomic mass is 10.3. The number of hydrogen-bond acceptors (Lipinski definition) is 1. The van der Waals surface area contributed by atoms with Gasteiger partial charge in [0.25, 0.3) is 0 Å². The normalized spacial score (nSPS) is 9.11. The van der Waals surface area contributed by atoms with Gasteiger partial charge in [0.15, 0.2) is 0 Å². The SMILES string of the molecule is CNc1ccccc1P. The third-order valence-corrected chi connectivity index (χ3v) is 1.73. The molecule has 0 aliphatic rings. The smallest absolute Gasteiger partial charge is 0.0410 e. The van der Waals surface area contributed by atoms with Crippen molar-refractivity contribution in [2.45, 2.75) is 0 Å². The highest BCUT2D eigenvalue weighted by Crippen LogP contribution is 2.04. The Morgan fingerprint density at radius 2 is 2.00 bits per heavy atom. The molecule has 1 aromatic carbocycles. The number of rotatable bonds is 1. The lowest BCUT2D eigenvalue weighted by molar-refractivity contribution is 1.54. The molecule has 1 atom stereocenters. The fraction of sp³-hybridized carbons (Fsp3) is 0.143. The fourth-order valence-electron chi connectivity index (χ4n) is 0.725. The minimum atomic E-state index is 1.17. The summed E-state index contributed by atoms with van der Waals surface area (Å²) in [5.74, 6) is 0. The zero-order chi connectivity index (χ0) is 6.69. The molecule has 0 heterocycles. The quantitative estimate of drug-likeness (QED) is 0.577. The van der Waals surface area contributed by atoms with Crippen LogP contribution in [0.3, 0.4) is 0 Å². The summed E-state index contributed by atoms with van der Waals surface area (Å²) in [4.78, 5) is 0. The largest absolute Gasteiger partial charge is 0.388 e. The van der Waals surface area contributed by atoms with E-state index < -0.39 is 0 Å². The molecule has 0 spiro atoms. The number of benzene rings is 1. The monoisotopic (exact) mass is 139 g/mol. The zero-order valence-electron chi connectivity index (χ0n) is 5.39. The Hall–Kier alpha value is -0.550. The van der Waals surface area contributed by atoms with Gasteiger partial charge in [-0.25, -0.2) is 0 Å². The minimum absolute atomic E-state index is 1.17. The Labute approximate surface area is 57.7 Å². The average Bonchev–Trinajstić information content (AvgIpc) is 1.89. The first kappa shape index (κ1) is 6.57. The average molecular weight is 139 g/mol. The Balaban J connectivity index is 3.01. The Morgan fingerprint density at radius 3 is 2.44 bits per heavy atom. The van der Waals surface area contributed by atoms with Gasteiger partial charge in [-0.15, -0.1) is 9.24 Å². The first-order valence-corrected chi connectivity index (χ1v) is 3.44. The molecule has 0 aromatic heterocycles. The van der Waals surface area contributed by atoms with Crippen molar-refractivity contribution in [1.29, 1.82) is 0 Å². The number of anilines is 1. The molecule has 0 aliphatic heterocycles. The van der Waals surface area contributed by atoms with Crippen LogP contribution in [0.2, 0.25) is 0 Å². The molecule has 1 aromatic rings. The van der Waals surface area contributed by atoms with E-state index in [1.807, 2.05) is 25.2 Å². The van der Waals surface area contributed by atoms with E-state index in [0.29, 0.717) is 0 Å². The third kappa shape index (κ3) is 1.43. The van der Waals surface area contributed by atoms with Gasteiger partial charge in [-0.3, -0.25) is 0 Å². The lowest BCUT2D eigenvalue weighted by Crippen LogP contribution is -1.99. The first-order valence-electron chi connectivity index (χ1n) is 2.87. The van der Waals surface area contributed by atoms with Gasteiger partial charge in [-0.2, -0.15) is 0 Å². The third-order valence-electron chi connectivity index (χ3n) is 1.23. The molecule has 0 saturated carbocycles. The van der Waals surface area contributed by atoms with Gasteiger partial charge in [-0.05, 0) is 11.4 Å². The summed E-state index contributed by atoms with van der Waals surface area (Å²) in [6, 6.07) is 8.13. The van der Waals surface area contributed by atoms with Crippen LogP contribution in [0.25, 0.3) is 0 Å². The topological polar surface area (TPSA) is 12.0 Å². The zero-order valence-corrected chi connectivity index (χ0v) is 6.54. The molecule has 1 nitrogen and oxygen atoms in total. The second-order valence-corrected chi connectivity index (χ2v) is 2.46. The van der Waals surface area contributed by atoms with E-state index in [-0.39, 0.29) is 0 Å².